The highest BCUT2D eigenvalue weighted by Crippen LogP contribution is 2.34. The van der Waals surface area contributed by atoms with E-state index in [-0.39, 0.29) is 6.61 Å². The third-order valence-corrected chi connectivity index (χ3v) is 3.98. The van der Waals surface area contributed by atoms with Gasteiger partial charge in [-0.1, -0.05) is 11.8 Å². The summed E-state index contributed by atoms with van der Waals surface area (Å²) in [5, 5.41) is 28.4. The summed E-state index contributed by atoms with van der Waals surface area (Å²) in [5.41, 5.74) is -0.578. The summed E-state index contributed by atoms with van der Waals surface area (Å²) < 4.78 is 10.4. The first-order valence-corrected chi connectivity index (χ1v) is 6.47. The average Bonchev–Trinajstić information content (AvgIpc) is 2.67. The first-order valence-electron chi connectivity index (χ1n) is 5.59. The standard InChI is InChI=1S/C12H16O5S/c1-16-7-2-4-8(5-3-7)18-12-11(15)10(14)9(6-13)17-12/h2-5,9-15H,6H2,1H3/t9-,10-,11+,12-/m0/s1. The quantitative estimate of drug-likeness (QED) is 0.728. The van der Waals surface area contributed by atoms with Crippen LogP contribution in [0, 0.1) is 0 Å². The smallest absolute Gasteiger partial charge is 0.136 e. The molecule has 2 rings (SSSR count). The molecule has 0 aliphatic carbocycles. The third-order valence-electron chi connectivity index (χ3n) is 2.81. The molecule has 0 bridgehead atoms. The van der Waals surface area contributed by atoms with Gasteiger partial charge >= 0.3 is 0 Å². The molecular formula is C12H16O5S. The van der Waals surface area contributed by atoms with Gasteiger partial charge in [0.05, 0.1) is 13.7 Å². The van der Waals surface area contributed by atoms with Gasteiger partial charge in [0, 0.05) is 4.90 Å². The summed E-state index contributed by atoms with van der Waals surface area (Å²) in [7, 11) is 1.59. The van der Waals surface area contributed by atoms with Gasteiger partial charge < -0.3 is 24.8 Å². The van der Waals surface area contributed by atoms with Crippen molar-refractivity contribution in [2.45, 2.75) is 28.6 Å². The van der Waals surface area contributed by atoms with Crippen molar-refractivity contribution in [3.63, 3.8) is 0 Å². The Morgan fingerprint density at radius 2 is 1.89 bits per heavy atom. The maximum absolute atomic E-state index is 9.79. The number of hydrogen-bond donors (Lipinski definition) is 3. The fourth-order valence-electron chi connectivity index (χ4n) is 1.75. The molecule has 4 atom stereocenters. The second-order valence-corrected chi connectivity index (χ2v) is 5.17. The Bertz CT molecular complexity index is 383. The lowest BCUT2D eigenvalue weighted by Crippen LogP contribution is -2.33. The minimum Gasteiger partial charge on any atom is -0.497 e. The van der Waals surface area contributed by atoms with Gasteiger partial charge in [-0.05, 0) is 24.3 Å². The molecule has 1 heterocycles. The summed E-state index contributed by atoms with van der Waals surface area (Å²) in [6, 6.07) is 7.31. The summed E-state index contributed by atoms with van der Waals surface area (Å²) in [5.74, 6) is 0.750. The van der Waals surface area contributed by atoms with E-state index >= 15 is 0 Å². The van der Waals surface area contributed by atoms with Crippen LogP contribution in [0.3, 0.4) is 0 Å². The number of benzene rings is 1. The van der Waals surface area contributed by atoms with Crippen LogP contribution >= 0.6 is 11.8 Å². The molecule has 0 saturated carbocycles. The maximum atomic E-state index is 9.79. The zero-order chi connectivity index (χ0) is 13.1. The summed E-state index contributed by atoms with van der Waals surface area (Å²) in [4.78, 5) is 0.894. The maximum Gasteiger partial charge on any atom is 0.136 e. The molecule has 0 amide bonds. The minimum atomic E-state index is -1.05. The predicted octanol–water partition coefficient (Wildman–Crippen LogP) is 0.226. The number of ether oxygens (including phenoxy) is 2. The minimum absolute atomic E-state index is 0.308. The Labute approximate surface area is 109 Å². The van der Waals surface area contributed by atoms with Crippen LogP contribution in [0.25, 0.3) is 0 Å². The molecule has 1 aliphatic rings. The van der Waals surface area contributed by atoms with E-state index in [1.807, 2.05) is 24.3 Å². The van der Waals surface area contributed by atoms with Crippen LogP contribution in [-0.2, 0) is 4.74 Å². The zero-order valence-electron chi connectivity index (χ0n) is 9.89. The van der Waals surface area contributed by atoms with Gasteiger partial charge in [-0.2, -0.15) is 0 Å². The van der Waals surface area contributed by atoms with Crippen molar-refractivity contribution in [3.8, 4) is 5.75 Å². The van der Waals surface area contributed by atoms with Gasteiger partial charge in [0.25, 0.3) is 0 Å². The van der Waals surface area contributed by atoms with Gasteiger partial charge in [-0.25, -0.2) is 0 Å². The largest absolute Gasteiger partial charge is 0.497 e. The zero-order valence-corrected chi connectivity index (χ0v) is 10.7. The molecule has 0 radical (unpaired) electrons. The predicted molar refractivity (Wildman–Crippen MR) is 66.6 cm³/mol. The highest BCUT2D eigenvalue weighted by molar-refractivity contribution is 7.99. The number of hydrogen-bond acceptors (Lipinski definition) is 6. The van der Waals surface area contributed by atoms with Crippen molar-refractivity contribution < 1.29 is 24.8 Å². The summed E-state index contributed by atoms with van der Waals surface area (Å²) in [6.07, 6.45) is -2.78. The van der Waals surface area contributed by atoms with E-state index in [0.717, 1.165) is 10.6 Å². The Morgan fingerprint density at radius 3 is 2.39 bits per heavy atom. The fraction of sp³-hybridized carbons (Fsp3) is 0.500. The lowest BCUT2D eigenvalue weighted by molar-refractivity contribution is -0.00808. The lowest BCUT2D eigenvalue weighted by atomic mass is 10.2. The van der Waals surface area contributed by atoms with Crippen LogP contribution < -0.4 is 4.74 Å². The van der Waals surface area contributed by atoms with Crippen molar-refractivity contribution in [2.24, 2.45) is 0 Å². The summed E-state index contributed by atoms with van der Waals surface area (Å²) in [6.45, 7) is -0.308. The van der Waals surface area contributed by atoms with E-state index in [4.69, 9.17) is 14.6 Å². The molecule has 1 saturated heterocycles. The number of aliphatic hydroxyl groups is 3. The van der Waals surface area contributed by atoms with E-state index in [2.05, 4.69) is 0 Å². The van der Waals surface area contributed by atoms with Gasteiger partial charge in [0.2, 0.25) is 0 Å². The fourth-order valence-corrected chi connectivity index (χ4v) is 2.81. The molecule has 0 unspecified atom stereocenters. The topological polar surface area (TPSA) is 79.2 Å². The molecule has 1 aromatic carbocycles. The Kier molecular flexibility index (Phi) is 4.47. The van der Waals surface area contributed by atoms with Crippen molar-refractivity contribution in [1.29, 1.82) is 0 Å². The number of aliphatic hydroxyl groups excluding tert-OH is 3. The monoisotopic (exact) mass is 272 g/mol. The van der Waals surface area contributed by atoms with E-state index < -0.39 is 23.7 Å². The Balaban J connectivity index is 2.00. The molecule has 3 N–H and O–H groups in total. The van der Waals surface area contributed by atoms with Crippen molar-refractivity contribution in [2.75, 3.05) is 13.7 Å². The Hall–Kier alpha value is -0.790. The van der Waals surface area contributed by atoms with Gasteiger partial charge in [-0.3, -0.25) is 0 Å². The van der Waals surface area contributed by atoms with Crippen LogP contribution in [0.1, 0.15) is 0 Å². The Morgan fingerprint density at radius 1 is 1.22 bits per heavy atom. The van der Waals surface area contributed by atoms with Crippen molar-refractivity contribution >= 4 is 11.8 Å². The van der Waals surface area contributed by atoms with E-state index in [0.29, 0.717) is 0 Å². The second-order valence-electron chi connectivity index (χ2n) is 4.00. The third kappa shape index (κ3) is 2.78. The molecule has 0 aromatic heterocycles. The van der Waals surface area contributed by atoms with Crippen LogP contribution in [0.5, 0.6) is 5.75 Å². The van der Waals surface area contributed by atoms with Crippen molar-refractivity contribution in [1.82, 2.24) is 0 Å². The van der Waals surface area contributed by atoms with E-state index in [9.17, 15) is 10.2 Å². The molecule has 5 nitrogen and oxygen atoms in total. The molecule has 100 valence electrons. The number of thioether (sulfide) groups is 1. The van der Waals surface area contributed by atoms with Gasteiger partial charge in [0.1, 0.15) is 29.5 Å². The first kappa shape index (κ1) is 13.6. The van der Waals surface area contributed by atoms with Crippen LogP contribution in [-0.4, -0.2) is 52.8 Å². The normalized spacial score (nSPS) is 31.6. The SMILES string of the molecule is COc1ccc(S[C@@H]2O[C@@H](CO)[C@H](O)[C@H]2O)cc1. The van der Waals surface area contributed by atoms with Crippen LogP contribution in [0.15, 0.2) is 29.2 Å². The molecule has 1 fully saturated rings. The molecule has 6 heteroatoms. The average molecular weight is 272 g/mol. The highest BCUT2D eigenvalue weighted by Gasteiger charge is 2.42. The van der Waals surface area contributed by atoms with Crippen molar-refractivity contribution in [3.05, 3.63) is 24.3 Å². The van der Waals surface area contributed by atoms with E-state index in [1.165, 1.54) is 11.8 Å². The molecule has 1 aromatic rings. The van der Waals surface area contributed by atoms with Gasteiger partial charge in [0.15, 0.2) is 0 Å². The summed E-state index contributed by atoms with van der Waals surface area (Å²) >= 11 is 1.30. The molecule has 1 aliphatic heterocycles. The van der Waals surface area contributed by atoms with Crippen LogP contribution in [0.2, 0.25) is 0 Å². The molecule has 18 heavy (non-hydrogen) atoms. The molecule has 0 spiro atoms. The second kappa shape index (κ2) is 5.90. The van der Waals surface area contributed by atoms with E-state index in [1.54, 1.807) is 7.11 Å². The lowest BCUT2D eigenvalue weighted by Gasteiger charge is -2.14. The number of methoxy groups -OCH3 is 1. The first-order chi connectivity index (χ1) is 8.65. The highest BCUT2D eigenvalue weighted by atomic mass is 32.2. The van der Waals surface area contributed by atoms with Gasteiger partial charge in [-0.15, -0.1) is 0 Å². The molecular weight excluding hydrogens is 256 g/mol. The number of rotatable bonds is 4. The van der Waals surface area contributed by atoms with Crippen LogP contribution in [0.4, 0.5) is 0 Å².